The van der Waals surface area contributed by atoms with Crippen LogP contribution in [0.5, 0.6) is 0 Å². The summed E-state index contributed by atoms with van der Waals surface area (Å²) in [5.41, 5.74) is 0.243. The van der Waals surface area contributed by atoms with Gasteiger partial charge in [0.05, 0.1) is 17.6 Å². The summed E-state index contributed by atoms with van der Waals surface area (Å²) in [4.78, 5) is 28.8. The van der Waals surface area contributed by atoms with Crippen LogP contribution in [0.4, 0.5) is 10.1 Å². The van der Waals surface area contributed by atoms with E-state index >= 15 is 0 Å². The Hall–Kier alpha value is -1.70. The molecule has 8 heteroatoms. The monoisotopic (exact) mass is 396 g/mol. The van der Waals surface area contributed by atoms with Gasteiger partial charge in [0.15, 0.2) is 0 Å². The Bertz CT molecular complexity index is 752. The van der Waals surface area contributed by atoms with Crippen LogP contribution in [0.15, 0.2) is 18.2 Å². The number of halogens is 2. The second kappa shape index (κ2) is 7.37. The molecular weight excluding hydrogens is 371 g/mol. The zero-order chi connectivity index (χ0) is 19.9. The number of anilines is 1. The molecule has 2 aliphatic rings. The van der Waals surface area contributed by atoms with Gasteiger partial charge < -0.3 is 10.6 Å². The van der Waals surface area contributed by atoms with Gasteiger partial charge >= 0.3 is 0 Å². The largest absolute Gasteiger partial charge is 0.350 e. The number of piperazine rings is 1. The fourth-order valence-electron chi connectivity index (χ4n) is 3.62. The molecule has 2 unspecified atom stereocenters. The van der Waals surface area contributed by atoms with Gasteiger partial charge in [-0.3, -0.25) is 19.4 Å². The van der Waals surface area contributed by atoms with E-state index in [2.05, 4.69) is 20.4 Å². The van der Waals surface area contributed by atoms with Crippen molar-refractivity contribution in [3.05, 3.63) is 29.0 Å². The van der Waals surface area contributed by atoms with E-state index in [0.29, 0.717) is 24.3 Å². The minimum absolute atomic E-state index is 0.0207. The van der Waals surface area contributed by atoms with Crippen LogP contribution in [-0.4, -0.2) is 64.9 Å². The molecule has 0 bridgehead atoms. The Balaban J connectivity index is 1.47. The normalized spacial score (nSPS) is 23.6. The number of nitrogens with one attached hydrogen (secondary N) is 2. The summed E-state index contributed by atoms with van der Waals surface area (Å²) < 4.78 is 13.2. The maximum Gasteiger partial charge on any atom is 0.241 e. The maximum absolute atomic E-state index is 13.2. The molecule has 0 spiro atoms. The molecule has 2 saturated heterocycles. The molecule has 2 N–H and O–H groups in total. The average molecular weight is 397 g/mol. The predicted molar refractivity (Wildman–Crippen MR) is 103 cm³/mol. The lowest BCUT2D eigenvalue weighted by molar-refractivity contribution is -0.158. The first-order valence-corrected chi connectivity index (χ1v) is 9.49. The van der Waals surface area contributed by atoms with Crippen LogP contribution in [0.25, 0.3) is 0 Å². The van der Waals surface area contributed by atoms with Crippen LogP contribution in [0, 0.1) is 5.82 Å². The van der Waals surface area contributed by atoms with Gasteiger partial charge in [-0.25, -0.2) is 4.39 Å². The number of likely N-dealkylation sites (tertiary alicyclic amines) is 2. The van der Waals surface area contributed by atoms with Gasteiger partial charge in [0.2, 0.25) is 11.8 Å². The van der Waals surface area contributed by atoms with Crippen molar-refractivity contribution < 1.29 is 14.0 Å². The second-order valence-corrected chi connectivity index (χ2v) is 8.76. The molecule has 0 radical (unpaired) electrons. The van der Waals surface area contributed by atoms with Gasteiger partial charge in [0, 0.05) is 36.4 Å². The Morgan fingerprint density at radius 3 is 2.56 bits per heavy atom. The molecule has 2 amide bonds. The molecule has 27 heavy (non-hydrogen) atoms. The molecule has 3 rings (SSSR count). The zero-order valence-electron chi connectivity index (χ0n) is 16.1. The first-order chi connectivity index (χ1) is 12.5. The highest BCUT2D eigenvalue weighted by Gasteiger charge is 2.54. The molecular formula is C19H26ClFN4O2. The Morgan fingerprint density at radius 2 is 2.00 bits per heavy atom. The molecule has 1 aromatic carbocycles. The molecule has 0 aliphatic carbocycles. The number of hydrogen-bond donors (Lipinski definition) is 2. The molecule has 6 nitrogen and oxygen atoms in total. The van der Waals surface area contributed by atoms with E-state index in [-0.39, 0.29) is 28.4 Å². The summed E-state index contributed by atoms with van der Waals surface area (Å²) in [6.45, 7) is 9.66. The van der Waals surface area contributed by atoms with Crippen LogP contribution < -0.4 is 10.6 Å². The van der Waals surface area contributed by atoms with Crippen molar-refractivity contribution in [3.63, 3.8) is 0 Å². The van der Waals surface area contributed by atoms with Crippen molar-refractivity contribution in [1.82, 2.24) is 15.1 Å². The van der Waals surface area contributed by atoms with Gasteiger partial charge in [-0.2, -0.15) is 0 Å². The molecule has 3 atom stereocenters. The highest BCUT2D eigenvalue weighted by atomic mass is 35.5. The number of rotatable bonds is 5. The van der Waals surface area contributed by atoms with Gasteiger partial charge in [-0.15, -0.1) is 0 Å². The molecule has 1 aromatic rings. The minimum atomic E-state index is -0.515. The first-order valence-electron chi connectivity index (χ1n) is 9.12. The van der Waals surface area contributed by atoms with Crippen molar-refractivity contribution in [2.24, 2.45) is 0 Å². The Morgan fingerprint density at radius 1 is 1.30 bits per heavy atom. The predicted octanol–water partition coefficient (Wildman–Crippen LogP) is 2.09. The highest BCUT2D eigenvalue weighted by Crippen LogP contribution is 2.35. The Kier molecular flexibility index (Phi) is 5.47. The summed E-state index contributed by atoms with van der Waals surface area (Å²) in [6, 6.07) is 4.44. The summed E-state index contributed by atoms with van der Waals surface area (Å²) >= 11 is 5.75. The smallest absolute Gasteiger partial charge is 0.241 e. The van der Waals surface area contributed by atoms with Crippen LogP contribution in [0.2, 0.25) is 5.02 Å². The van der Waals surface area contributed by atoms with Gasteiger partial charge in [-0.05, 0) is 45.9 Å². The third-order valence-electron chi connectivity index (χ3n) is 5.08. The maximum atomic E-state index is 13.2. The number of hydrogen-bond acceptors (Lipinski definition) is 4. The van der Waals surface area contributed by atoms with E-state index in [9.17, 15) is 14.0 Å². The van der Waals surface area contributed by atoms with Crippen molar-refractivity contribution in [3.8, 4) is 0 Å². The van der Waals surface area contributed by atoms with Crippen molar-refractivity contribution in [2.75, 3.05) is 25.0 Å². The topological polar surface area (TPSA) is 64.7 Å². The second-order valence-electron chi connectivity index (χ2n) is 8.35. The number of benzene rings is 1. The van der Waals surface area contributed by atoms with Gasteiger partial charge in [0.1, 0.15) is 5.82 Å². The van der Waals surface area contributed by atoms with Gasteiger partial charge in [0.25, 0.3) is 0 Å². The SMILES string of the molecule is CC(C(=O)Nc1ccc(F)c(Cl)c1)N1C[C@@H]2C1CN2CC(=O)NC(C)(C)C. The molecule has 148 valence electrons. The number of carbonyl (C=O) groups excluding carboxylic acids is 2. The third-order valence-corrected chi connectivity index (χ3v) is 5.37. The summed E-state index contributed by atoms with van der Waals surface area (Å²) in [6.07, 6.45) is 0. The Labute approximate surface area is 164 Å². The third kappa shape index (κ3) is 4.42. The van der Waals surface area contributed by atoms with Crippen molar-refractivity contribution >= 4 is 29.1 Å². The summed E-state index contributed by atoms with van der Waals surface area (Å²) in [5, 5.41) is 5.73. The fraction of sp³-hybridized carbons (Fsp3) is 0.579. The molecule has 2 heterocycles. The van der Waals surface area contributed by atoms with Crippen molar-refractivity contribution in [1.29, 1.82) is 0 Å². The van der Waals surface area contributed by atoms with Crippen LogP contribution in [0.1, 0.15) is 27.7 Å². The molecule has 0 saturated carbocycles. The highest BCUT2D eigenvalue weighted by molar-refractivity contribution is 6.31. The fourth-order valence-corrected chi connectivity index (χ4v) is 3.80. The minimum Gasteiger partial charge on any atom is -0.350 e. The lowest BCUT2D eigenvalue weighted by Gasteiger charge is -2.63. The molecule has 2 fully saturated rings. The van der Waals surface area contributed by atoms with E-state index in [0.717, 1.165) is 13.1 Å². The first kappa shape index (κ1) is 20.0. The van der Waals surface area contributed by atoms with E-state index in [1.54, 1.807) is 0 Å². The lowest BCUT2D eigenvalue weighted by atomic mass is 9.84. The van der Waals surface area contributed by atoms with E-state index < -0.39 is 5.82 Å². The number of carbonyl (C=O) groups is 2. The van der Waals surface area contributed by atoms with Gasteiger partial charge in [-0.1, -0.05) is 11.6 Å². The zero-order valence-corrected chi connectivity index (χ0v) is 16.8. The average Bonchev–Trinajstić information content (AvgIpc) is 2.53. The molecule has 2 aliphatic heterocycles. The number of amides is 2. The quantitative estimate of drug-likeness (QED) is 0.800. The number of fused-ring (bicyclic) bond motifs is 1. The van der Waals surface area contributed by atoms with Crippen LogP contribution in [-0.2, 0) is 9.59 Å². The van der Waals surface area contributed by atoms with Crippen LogP contribution in [0.3, 0.4) is 0 Å². The number of nitrogens with zero attached hydrogens (tertiary/aromatic N) is 2. The summed E-state index contributed by atoms with van der Waals surface area (Å²) in [5.74, 6) is -0.642. The van der Waals surface area contributed by atoms with E-state index in [4.69, 9.17) is 11.6 Å². The standard InChI is InChI=1S/C19H26ClFN4O2/c1-11(18(27)22-12-5-6-14(21)13(20)7-12)25-9-15-16(25)8-24(15)10-17(26)23-19(2,3)4/h5-7,11,15-16H,8-10H2,1-4H3,(H,22,27)(H,23,26)/t11?,15-,16?/m1/s1. The molecule has 0 aromatic heterocycles. The van der Waals surface area contributed by atoms with Crippen LogP contribution >= 0.6 is 11.6 Å². The van der Waals surface area contributed by atoms with Crippen molar-refractivity contribution in [2.45, 2.75) is 51.4 Å². The summed E-state index contributed by atoms with van der Waals surface area (Å²) in [7, 11) is 0. The van der Waals surface area contributed by atoms with E-state index in [1.807, 2.05) is 27.7 Å². The van der Waals surface area contributed by atoms with E-state index in [1.165, 1.54) is 18.2 Å². The lowest BCUT2D eigenvalue weighted by Crippen LogP contribution is -2.81.